The number of hydrogen-bond acceptors (Lipinski definition) is 3. The van der Waals surface area contributed by atoms with E-state index in [1.165, 1.54) is 0 Å². The largest absolute Gasteiger partial charge is 0.497 e. The molecule has 3 rings (SSSR count). The third-order valence-corrected chi connectivity index (χ3v) is 3.96. The highest BCUT2D eigenvalue weighted by Gasteiger charge is 2.16. The molecule has 0 aliphatic rings. The van der Waals surface area contributed by atoms with E-state index in [2.05, 4.69) is 4.98 Å². The molecule has 0 fully saturated rings. The minimum absolute atomic E-state index is 0.367. The van der Waals surface area contributed by atoms with Gasteiger partial charge in [0.05, 0.1) is 24.2 Å². The standard InChI is InChI=1S/C18H15Cl2NO2/c1-22-13-7-8-15-14(11-13)18(23-10-9-19)16(20)17(21-15)12-5-3-2-4-6-12/h2-8,11H,9-10H2,1H3. The molecule has 0 saturated heterocycles. The Balaban J connectivity index is 2.25. The molecule has 0 aliphatic carbocycles. The predicted octanol–water partition coefficient (Wildman–Crippen LogP) is 5.18. The van der Waals surface area contributed by atoms with Gasteiger partial charge in [-0.2, -0.15) is 0 Å². The van der Waals surface area contributed by atoms with Crippen molar-refractivity contribution in [3.8, 4) is 22.8 Å². The van der Waals surface area contributed by atoms with Gasteiger partial charge < -0.3 is 9.47 Å². The van der Waals surface area contributed by atoms with Crippen LogP contribution in [0.25, 0.3) is 22.2 Å². The van der Waals surface area contributed by atoms with Crippen LogP contribution in [0, 0.1) is 0 Å². The molecule has 1 heterocycles. The van der Waals surface area contributed by atoms with E-state index in [0.29, 0.717) is 29.0 Å². The van der Waals surface area contributed by atoms with Gasteiger partial charge in [-0.3, -0.25) is 0 Å². The number of benzene rings is 2. The molecule has 0 unspecified atom stereocenters. The fraction of sp³-hybridized carbons (Fsp3) is 0.167. The molecule has 0 spiro atoms. The summed E-state index contributed by atoms with van der Waals surface area (Å²) in [5.41, 5.74) is 2.42. The summed E-state index contributed by atoms with van der Waals surface area (Å²) in [4.78, 5) is 4.69. The van der Waals surface area contributed by atoms with Crippen LogP contribution in [0.1, 0.15) is 0 Å². The van der Waals surface area contributed by atoms with Crippen LogP contribution < -0.4 is 9.47 Å². The van der Waals surface area contributed by atoms with E-state index in [0.717, 1.165) is 22.2 Å². The van der Waals surface area contributed by atoms with E-state index in [4.69, 9.17) is 32.7 Å². The molecule has 0 atom stereocenters. The van der Waals surface area contributed by atoms with Crippen molar-refractivity contribution >= 4 is 34.1 Å². The lowest BCUT2D eigenvalue weighted by Crippen LogP contribution is -2.01. The SMILES string of the molecule is COc1ccc2nc(-c3ccccc3)c(Cl)c(OCCCl)c2c1. The summed E-state index contributed by atoms with van der Waals surface area (Å²) in [5.74, 6) is 1.68. The summed E-state index contributed by atoms with van der Waals surface area (Å²) < 4.78 is 11.1. The van der Waals surface area contributed by atoms with Gasteiger partial charge in [-0.05, 0) is 18.2 Å². The monoisotopic (exact) mass is 347 g/mol. The van der Waals surface area contributed by atoms with Gasteiger partial charge in [0.1, 0.15) is 23.1 Å². The maximum atomic E-state index is 6.58. The van der Waals surface area contributed by atoms with Crippen LogP contribution in [0.3, 0.4) is 0 Å². The normalized spacial score (nSPS) is 10.7. The third kappa shape index (κ3) is 3.21. The Morgan fingerprint density at radius 3 is 2.57 bits per heavy atom. The number of alkyl halides is 1. The Hall–Kier alpha value is -1.97. The first-order chi connectivity index (χ1) is 11.2. The fourth-order valence-corrected chi connectivity index (χ4v) is 2.77. The van der Waals surface area contributed by atoms with Crippen molar-refractivity contribution in [1.82, 2.24) is 4.98 Å². The van der Waals surface area contributed by atoms with Gasteiger partial charge in [-0.1, -0.05) is 41.9 Å². The molecule has 0 aliphatic heterocycles. The lowest BCUT2D eigenvalue weighted by molar-refractivity contribution is 0.347. The molecule has 2 aromatic carbocycles. The molecule has 0 saturated carbocycles. The number of pyridine rings is 1. The highest BCUT2D eigenvalue weighted by atomic mass is 35.5. The maximum absolute atomic E-state index is 6.58. The van der Waals surface area contributed by atoms with E-state index >= 15 is 0 Å². The maximum Gasteiger partial charge on any atom is 0.149 e. The molecule has 23 heavy (non-hydrogen) atoms. The van der Waals surface area contributed by atoms with Crippen molar-refractivity contribution in [1.29, 1.82) is 0 Å². The van der Waals surface area contributed by atoms with Crippen LogP contribution >= 0.6 is 23.2 Å². The molecule has 0 N–H and O–H groups in total. The van der Waals surface area contributed by atoms with Crippen LogP contribution in [0.2, 0.25) is 5.02 Å². The second-order valence-electron chi connectivity index (χ2n) is 4.89. The Morgan fingerprint density at radius 1 is 1.09 bits per heavy atom. The topological polar surface area (TPSA) is 31.4 Å². The summed E-state index contributed by atoms with van der Waals surface area (Å²) in [6.07, 6.45) is 0. The third-order valence-electron chi connectivity index (χ3n) is 3.46. The average molecular weight is 348 g/mol. The van der Waals surface area contributed by atoms with Crippen LogP contribution in [-0.4, -0.2) is 24.6 Å². The Bertz CT molecular complexity index is 822. The quantitative estimate of drug-likeness (QED) is 0.595. The number of rotatable bonds is 5. The lowest BCUT2D eigenvalue weighted by Gasteiger charge is -2.14. The molecular weight excluding hydrogens is 333 g/mol. The van der Waals surface area contributed by atoms with E-state index in [1.54, 1.807) is 7.11 Å². The van der Waals surface area contributed by atoms with Gasteiger partial charge in [0.25, 0.3) is 0 Å². The number of halogens is 2. The second-order valence-corrected chi connectivity index (χ2v) is 5.65. The number of aromatic nitrogens is 1. The molecule has 118 valence electrons. The van der Waals surface area contributed by atoms with Crippen molar-refractivity contribution in [2.24, 2.45) is 0 Å². The Labute approximate surface area is 144 Å². The van der Waals surface area contributed by atoms with E-state index < -0.39 is 0 Å². The number of hydrogen-bond donors (Lipinski definition) is 0. The molecule has 1 aromatic heterocycles. The molecule has 0 amide bonds. The van der Waals surface area contributed by atoms with Crippen molar-refractivity contribution in [2.75, 3.05) is 19.6 Å². The van der Waals surface area contributed by atoms with Crippen LogP contribution in [-0.2, 0) is 0 Å². The first-order valence-electron chi connectivity index (χ1n) is 7.16. The average Bonchev–Trinajstić information content (AvgIpc) is 2.61. The number of ether oxygens (including phenoxy) is 2. The first kappa shape index (κ1) is 15.9. The fourth-order valence-electron chi connectivity index (χ4n) is 2.39. The van der Waals surface area contributed by atoms with E-state index in [-0.39, 0.29) is 0 Å². The number of nitrogens with zero attached hydrogens (tertiary/aromatic N) is 1. The second kappa shape index (κ2) is 7.07. The molecular formula is C18H15Cl2NO2. The van der Waals surface area contributed by atoms with Gasteiger partial charge in [0.15, 0.2) is 0 Å². The number of methoxy groups -OCH3 is 1. The summed E-state index contributed by atoms with van der Waals surface area (Å²) in [7, 11) is 1.62. The van der Waals surface area contributed by atoms with E-state index in [1.807, 2.05) is 48.5 Å². The lowest BCUT2D eigenvalue weighted by atomic mass is 10.1. The summed E-state index contributed by atoms with van der Waals surface area (Å²) >= 11 is 12.3. The highest BCUT2D eigenvalue weighted by Crippen LogP contribution is 2.40. The van der Waals surface area contributed by atoms with Crippen molar-refractivity contribution in [3.63, 3.8) is 0 Å². The first-order valence-corrected chi connectivity index (χ1v) is 8.07. The number of fused-ring (bicyclic) bond motifs is 1. The zero-order valence-electron chi connectivity index (χ0n) is 12.6. The Morgan fingerprint density at radius 2 is 1.87 bits per heavy atom. The zero-order chi connectivity index (χ0) is 16.2. The summed E-state index contributed by atoms with van der Waals surface area (Å²) in [5, 5.41) is 1.28. The van der Waals surface area contributed by atoms with Crippen LogP contribution in [0.15, 0.2) is 48.5 Å². The van der Waals surface area contributed by atoms with E-state index in [9.17, 15) is 0 Å². The van der Waals surface area contributed by atoms with Crippen molar-refractivity contribution in [3.05, 3.63) is 53.6 Å². The Kier molecular flexibility index (Phi) is 4.89. The van der Waals surface area contributed by atoms with Gasteiger partial charge in [0, 0.05) is 10.9 Å². The predicted molar refractivity (Wildman–Crippen MR) is 95.0 cm³/mol. The van der Waals surface area contributed by atoms with Crippen molar-refractivity contribution < 1.29 is 9.47 Å². The van der Waals surface area contributed by atoms with Crippen molar-refractivity contribution in [2.45, 2.75) is 0 Å². The molecule has 0 bridgehead atoms. The molecule has 0 radical (unpaired) electrons. The summed E-state index contributed by atoms with van der Waals surface area (Å²) in [6, 6.07) is 15.4. The summed E-state index contributed by atoms with van der Waals surface area (Å²) in [6.45, 7) is 0.367. The minimum atomic E-state index is 0.367. The highest BCUT2D eigenvalue weighted by molar-refractivity contribution is 6.35. The van der Waals surface area contributed by atoms with Crippen LogP contribution in [0.4, 0.5) is 0 Å². The van der Waals surface area contributed by atoms with Crippen LogP contribution in [0.5, 0.6) is 11.5 Å². The molecule has 3 nitrogen and oxygen atoms in total. The molecule has 3 aromatic rings. The van der Waals surface area contributed by atoms with Gasteiger partial charge >= 0.3 is 0 Å². The van der Waals surface area contributed by atoms with Gasteiger partial charge in [0.2, 0.25) is 0 Å². The zero-order valence-corrected chi connectivity index (χ0v) is 14.1. The van der Waals surface area contributed by atoms with Gasteiger partial charge in [-0.15, -0.1) is 11.6 Å². The smallest absolute Gasteiger partial charge is 0.149 e. The molecule has 5 heteroatoms. The van der Waals surface area contributed by atoms with Gasteiger partial charge in [-0.25, -0.2) is 4.98 Å². The minimum Gasteiger partial charge on any atom is -0.497 e.